The average molecular weight is 245 g/mol. The highest BCUT2D eigenvalue weighted by Gasteiger charge is 2.18. The lowest BCUT2D eigenvalue weighted by Crippen LogP contribution is -2.23. The van der Waals surface area contributed by atoms with E-state index < -0.39 is 0 Å². The number of anilines is 1. The van der Waals surface area contributed by atoms with E-state index in [1.54, 1.807) is 6.33 Å². The van der Waals surface area contributed by atoms with Gasteiger partial charge >= 0.3 is 0 Å². The van der Waals surface area contributed by atoms with E-state index in [0.717, 1.165) is 48.9 Å². The number of benzene rings is 1. The average Bonchev–Trinajstić information content (AvgIpc) is 2.85. The van der Waals surface area contributed by atoms with Gasteiger partial charge in [-0.2, -0.15) is 0 Å². The Labute approximate surface area is 106 Å². The van der Waals surface area contributed by atoms with Crippen molar-refractivity contribution in [3.63, 3.8) is 0 Å². The van der Waals surface area contributed by atoms with Crippen LogP contribution < -0.4 is 5.32 Å². The summed E-state index contributed by atoms with van der Waals surface area (Å²) in [5.41, 5.74) is 3.21. The molecule has 1 fully saturated rings. The van der Waals surface area contributed by atoms with Gasteiger partial charge in [0.15, 0.2) is 0 Å². The molecule has 1 aromatic carbocycles. The van der Waals surface area contributed by atoms with E-state index in [-0.39, 0.29) is 6.10 Å². The predicted molar refractivity (Wildman–Crippen MR) is 72.5 cm³/mol. The molecule has 1 aliphatic carbocycles. The molecule has 2 aromatic rings. The third-order valence-corrected chi connectivity index (χ3v) is 3.83. The molecule has 0 radical (unpaired) electrons. The van der Waals surface area contributed by atoms with Gasteiger partial charge in [-0.1, -0.05) is 0 Å². The number of aromatic amines is 1. The third kappa shape index (κ3) is 2.48. The zero-order chi connectivity index (χ0) is 12.4. The molecule has 0 unspecified atom stereocenters. The van der Waals surface area contributed by atoms with Gasteiger partial charge in [0, 0.05) is 12.2 Å². The van der Waals surface area contributed by atoms with Gasteiger partial charge in [-0.25, -0.2) is 4.98 Å². The van der Waals surface area contributed by atoms with Gasteiger partial charge in [-0.15, -0.1) is 0 Å². The first-order valence-electron chi connectivity index (χ1n) is 6.66. The molecule has 0 amide bonds. The van der Waals surface area contributed by atoms with E-state index in [0.29, 0.717) is 5.92 Å². The lowest BCUT2D eigenvalue weighted by atomic mass is 9.87. The lowest BCUT2D eigenvalue weighted by molar-refractivity contribution is 0.111. The first kappa shape index (κ1) is 11.5. The number of aliphatic hydroxyl groups excluding tert-OH is 1. The monoisotopic (exact) mass is 245 g/mol. The van der Waals surface area contributed by atoms with E-state index in [1.165, 1.54) is 0 Å². The number of aromatic nitrogens is 2. The number of nitrogens with one attached hydrogen (secondary N) is 2. The van der Waals surface area contributed by atoms with Crippen LogP contribution in [0, 0.1) is 5.92 Å². The number of hydrogen-bond donors (Lipinski definition) is 3. The Morgan fingerprint density at radius 3 is 2.94 bits per heavy atom. The van der Waals surface area contributed by atoms with Crippen molar-refractivity contribution >= 4 is 16.7 Å². The summed E-state index contributed by atoms with van der Waals surface area (Å²) in [5.74, 6) is 0.686. The van der Waals surface area contributed by atoms with Crippen molar-refractivity contribution in [1.82, 2.24) is 9.97 Å². The zero-order valence-electron chi connectivity index (χ0n) is 10.4. The minimum absolute atomic E-state index is 0.0670. The van der Waals surface area contributed by atoms with Crippen LogP contribution in [-0.4, -0.2) is 27.7 Å². The van der Waals surface area contributed by atoms with E-state index in [1.807, 2.05) is 6.07 Å². The Morgan fingerprint density at radius 1 is 1.28 bits per heavy atom. The maximum Gasteiger partial charge on any atom is 0.0931 e. The van der Waals surface area contributed by atoms with Crippen LogP contribution in [0.3, 0.4) is 0 Å². The van der Waals surface area contributed by atoms with Gasteiger partial charge in [0.25, 0.3) is 0 Å². The highest BCUT2D eigenvalue weighted by molar-refractivity contribution is 5.78. The fraction of sp³-hybridized carbons (Fsp3) is 0.500. The quantitative estimate of drug-likeness (QED) is 0.778. The van der Waals surface area contributed by atoms with Gasteiger partial charge in [0.05, 0.1) is 23.5 Å². The molecule has 3 rings (SSSR count). The van der Waals surface area contributed by atoms with Crippen molar-refractivity contribution in [1.29, 1.82) is 0 Å². The topological polar surface area (TPSA) is 60.9 Å². The largest absolute Gasteiger partial charge is 0.393 e. The summed E-state index contributed by atoms with van der Waals surface area (Å²) in [6.45, 7) is 0.992. The fourth-order valence-corrected chi connectivity index (χ4v) is 2.66. The Balaban J connectivity index is 1.59. The number of rotatable bonds is 3. The van der Waals surface area contributed by atoms with Crippen molar-refractivity contribution in [3.05, 3.63) is 24.5 Å². The van der Waals surface area contributed by atoms with E-state index in [4.69, 9.17) is 0 Å². The number of nitrogens with zero attached hydrogens (tertiary/aromatic N) is 1. The Bertz CT molecular complexity index is 514. The maximum absolute atomic E-state index is 9.48. The second-order valence-electron chi connectivity index (χ2n) is 5.19. The van der Waals surface area contributed by atoms with Crippen molar-refractivity contribution in [2.24, 2.45) is 5.92 Å². The highest BCUT2D eigenvalue weighted by Crippen LogP contribution is 2.25. The molecule has 1 heterocycles. The first-order chi connectivity index (χ1) is 8.81. The minimum atomic E-state index is -0.0670. The Morgan fingerprint density at radius 2 is 2.11 bits per heavy atom. The summed E-state index contributed by atoms with van der Waals surface area (Å²) in [7, 11) is 0. The van der Waals surface area contributed by atoms with Crippen LogP contribution in [0.1, 0.15) is 25.7 Å². The molecule has 0 atom stereocenters. The molecule has 1 saturated carbocycles. The van der Waals surface area contributed by atoms with Crippen molar-refractivity contribution in [3.8, 4) is 0 Å². The summed E-state index contributed by atoms with van der Waals surface area (Å²) in [4.78, 5) is 7.33. The van der Waals surface area contributed by atoms with Gasteiger partial charge in [-0.05, 0) is 49.8 Å². The van der Waals surface area contributed by atoms with Crippen LogP contribution in [0.4, 0.5) is 5.69 Å². The number of imidazole rings is 1. The van der Waals surface area contributed by atoms with Crippen LogP contribution in [0.15, 0.2) is 24.5 Å². The summed E-state index contributed by atoms with van der Waals surface area (Å²) in [5, 5.41) is 13.0. The molecule has 0 spiro atoms. The second kappa shape index (κ2) is 4.98. The SMILES string of the molecule is OC1CCC(CNc2ccc3nc[nH]c3c2)CC1. The smallest absolute Gasteiger partial charge is 0.0931 e. The zero-order valence-corrected chi connectivity index (χ0v) is 10.4. The van der Waals surface area contributed by atoms with Crippen molar-refractivity contribution in [2.45, 2.75) is 31.8 Å². The normalized spacial score (nSPS) is 24.3. The molecule has 96 valence electrons. The maximum atomic E-state index is 9.48. The highest BCUT2D eigenvalue weighted by atomic mass is 16.3. The molecule has 4 nitrogen and oxygen atoms in total. The predicted octanol–water partition coefficient (Wildman–Crippen LogP) is 2.53. The molecular formula is C14H19N3O. The second-order valence-corrected chi connectivity index (χ2v) is 5.19. The summed E-state index contributed by atoms with van der Waals surface area (Å²) >= 11 is 0. The molecule has 1 aliphatic rings. The van der Waals surface area contributed by atoms with E-state index >= 15 is 0 Å². The number of fused-ring (bicyclic) bond motifs is 1. The van der Waals surface area contributed by atoms with Gasteiger partial charge < -0.3 is 15.4 Å². The molecule has 0 aliphatic heterocycles. The van der Waals surface area contributed by atoms with Crippen LogP contribution >= 0.6 is 0 Å². The van der Waals surface area contributed by atoms with Crippen molar-refractivity contribution in [2.75, 3.05) is 11.9 Å². The molecule has 0 saturated heterocycles. The number of H-pyrrole nitrogens is 1. The number of aliphatic hydroxyl groups is 1. The standard InChI is InChI=1S/C14H19N3O/c18-12-4-1-10(2-5-12)8-15-11-3-6-13-14(7-11)17-9-16-13/h3,6-7,9-10,12,15,18H,1-2,4-5,8H2,(H,16,17). The Kier molecular flexibility index (Phi) is 3.19. The van der Waals surface area contributed by atoms with Gasteiger partial charge in [0.1, 0.15) is 0 Å². The molecular weight excluding hydrogens is 226 g/mol. The summed E-state index contributed by atoms with van der Waals surface area (Å²) in [6.07, 6.45) is 5.80. The summed E-state index contributed by atoms with van der Waals surface area (Å²) < 4.78 is 0. The Hall–Kier alpha value is -1.55. The van der Waals surface area contributed by atoms with Crippen molar-refractivity contribution < 1.29 is 5.11 Å². The molecule has 3 N–H and O–H groups in total. The first-order valence-corrected chi connectivity index (χ1v) is 6.66. The summed E-state index contributed by atoms with van der Waals surface area (Å²) in [6, 6.07) is 6.19. The van der Waals surface area contributed by atoms with Crippen LogP contribution in [-0.2, 0) is 0 Å². The van der Waals surface area contributed by atoms with Crippen LogP contribution in [0.2, 0.25) is 0 Å². The fourth-order valence-electron chi connectivity index (χ4n) is 2.66. The molecule has 18 heavy (non-hydrogen) atoms. The van der Waals surface area contributed by atoms with Crippen LogP contribution in [0.5, 0.6) is 0 Å². The van der Waals surface area contributed by atoms with Gasteiger partial charge in [-0.3, -0.25) is 0 Å². The molecule has 1 aromatic heterocycles. The van der Waals surface area contributed by atoms with Crippen LogP contribution in [0.25, 0.3) is 11.0 Å². The molecule has 4 heteroatoms. The van der Waals surface area contributed by atoms with E-state index in [2.05, 4.69) is 27.4 Å². The third-order valence-electron chi connectivity index (χ3n) is 3.83. The number of hydrogen-bond acceptors (Lipinski definition) is 3. The van der Waals surface area contributed by atoms with Gasteiger partial charge in [0.2, 0.25) is 0 Å². The lowest BCUT2D eigenvalue weighted by Gasteiger charge is -2.25. The minimum Gasteiger partial charge on any atom is -0.393 e. The van der Waals surface area contributed by atoms with E-state index in [9.17, 15) is 5.11 Å². The molecule has 0 bridgehead atoms.